The molecule has 0 bridgehead atoms. The lowest BCUT2D eigenvalue weighted by Gasteiger charge is -2.30. The monoisotopic (exact) mass is 401 g/mol. The fraction of sp³-hybridized carbons (Fsp3) is 0.476. The molecular formula is C21H28ClN5O. The zero-order chi connectivity index (χ0) is 20.1. The Bertz CT molecular complexity index is 801. The van der Waals surface area contributed by atoms with Crippen molar-refractivity contribution in [1.29, 1.82) is 0 Å². The third-order valence-electron chi connectivity index (χ3n) is 5.07. The highest BCUT2D eigenvalue weighted by Crippen LogP contribution is 2.23. The summed E-state index contributed by atoms with van der Waals surface area (Å²) in [6, 6.07) is 7.99. The van der Waals surface area contributed by atoms with Crippen LogP contribution < -0.4 is 15.5 Å². The normalized spacial score (nSPS) is 19.1. The Morgan fingerprint density at radius 1 is 1.14 bits per heavy atom. The fourth-order valence-corrected chi connectivity index (χ4v) is 3.71. The van der Waals surface area contributed by atoms with E-state index in [1.165, 1.54) is 0 Å². The molecule has 0 unspecified atom stereocenters. The standard InChI is InChI=1S/C21H28ClN5O/c1-14-13-23-21(26-20(14)27(2)3)25-18-10-8-17(9-11-18)24-19(28)12-15-4-6-16(22)7-5-15/h4-7,13,17-18H,8-12H2,1-3H3,(H,24,28)(H,23,25,26). The number of halogens is 1. The molecule has 28 heavy (non-hydrogen) atoms. The molecule has 1 heterocycles. The van der Waals surface area contributed by atoms with E-state index in [0.717, 1.165) is 42.6 Å². The van der Waals surface area contributed by atoms with E-state index in [4.69, 9.17) is 11.6 Å². The van der Waals surface area contributed by atoms with Gasteiger partial charge in [0.2, 0.25) is 11.9 Å². The fourth-order valence-electron chi connectivity index (χ4n) is 3.59. The van der Waals surface area contributed by atoms with E-state index < -0.39 is 0 Å². The van der Waals surface area contributed by atoms with Crippen LogP contribution in [0.4, 0.5) is 11.8 Å². The molecule has 7 heteroatoms. The van der Waals surface area contributed by atoms with Gasteiger partial charge in [-0.3, -0.25) is 4.79 Å². The Hall–Kier alpha value is -2.34. The smallest absolute Gasteiger partial charge is 0.224 e. The third kappa shape index (κ3) is 5.58. The maximum absolute atomic E-state index is 12.3. The molecule has 0 radical (unpaired) electrons. The highest BCUT2D eigenvalue weighted by Gasteiger charge is 2.23. The van der Waals surface area contributed by atoms with Gasteiger partial charge in [-0.15, -0.1) is 0 Å². The molecule has 0 atom stereocenters. The van der Waals surface area contributed by atoms with Crippen LogP contribution >= 0.6 is 11.6 Å². The topological polar surface area (TPSA) is 70.1 Å². The summed E-state index contributed by atoms with van der Waals surface area (Å²) in [7, 11) is 3.97. The SMILES string of the molecule is Cc1cnc(NC2CCC(NC(=O)Cc3ccc(Cl)cc3)CC2)nc1N(C)C. The van der Waals surface area contributed by atoms with Gasteiger partial charge in [-0.05, 0) is 50.3 Å². The van der Waals surface area contributed by atoms with Gasteiger partial charge in [-0.1, -0.05) is 23.7 Å². The maximum Gasteiger partial charge on any atom is 0.224 e. The van der Waals surface area contributed by atoms with Crippen LogP contribution in [0.15, 0.2) is 30.5 Å². The Balaban J connectivity index is 1.46. The van der Waals surface area contributed by atoms with E-state index in [1.54, 1.807) is 0 Å². The van der Waals surface area contributed by atoms with Crippen molar-refractivity contribution in [1.82, 2.24) is 15.3 Å². The van der Waals surface area contributed by atoms with Gasteiger partial charge in [-0.25, -0.2) is 4.98 Å². The number of hydrogen-bond acceptors (Lipinski definition) is 5. The molecule has 1 aromatic carbocycles. The quantitative estimate of drug-likeness (QED) is 0.774. The molecule has 1 aliphatic rings. The van der Waals surface area contributed by atoms with Gasteiger partial charge in [0.25, 0.3) is 0 Å². The van der Waals surface area contributed by atoms with Crippen molar-refractivity contribution in [2.75, 3.05) is 24.3 Å². The van der Waals surface area contributed by atoms with E-state index >= 15 is 0 Å². The number of aromatic nitrogens is 2. The van der Waals surface area contributed by atoms with Crippen molar-refractivity contribution in [3.8, 4) is 0 Å². The van der Waals surface area contributed by atoms with Crippen molar-refractivity contribution in [3.63, 3.8) is 0 Å². The Morgan fingerprint density at radius 2 is 1.79 bits per heavy atom. The number of benzene rings is 1. The zero-order valence-electron chi connectivity index (χ0n) is 16.7. The van der Waals surface area contributed by atoms with E-state index in [2.05, 4.69) is 20.6 Å². The first-order chi connectivity index (χ1) is 13.4. The summed E-state index contributed by atoms with van der Waals surface area (Å²) in [6.45, 7) is 2.01. The van der Waals surface area contributed by atoms with E-state index in [0.29, 0.717) is 23.4 Å². The highest BCUT2D eigenvalue weighted by molar-refractivity contribution is 6.30. The lowest BCUT2D eigenvalue weighted by Crippen LogP contribution is -2.40. The molecule has 1 aromatic heterocycles. The zero-order valence-corrected chi connectivity index (χ0v) is 17.5. The van der Waals surface area contributed by atoms with Gasteiger partial charge in [0.15, 0.2) is 0 Å². The van der Waals surface area contributed by atoms with Crippen molar-refractivity contribution in [2.45, 2.75) is 51.1 Å². The second-order valence-electron chi connectivity index (χ2n) is 7.66. The number of rotatable bonds is 6. The summed E-state index contributed by atoms with van der Waals surface area (Å²) in [5.41, 5.74) is 2.04. The van der Waals surface area contributed by atoms with Gasteiger partial charge in [0, 0.05) is 43.0 Å². The number of hydrogen-bond donors (Lipinski definition) is 2. The molecule has 0 saturated heterocycles. The molecule has 1 fully saturated rings. The van der Waals surface area contributed by atoms with Crippen molar-refractivity contribution < 1.29 is 4.79 Å². The number of amides is 1. The lowest BCUT2D eigenvalue weighted by atomic mass is 9.91. The molecular weight excluding hydrogens is 374 g/mol. The average molecular weight is 402 g/mol. The largest absolute Gasteiger partial charge is 0.362 e. The number of carbonyl (C=O) groups is 1. The molecule has 2 aromatic rings. The Labute approximate surface area is 171 Å². The minimum atomic E-state index is 0.0659. The van der Waals surface area contributed by atoms with Crippen LogP contribution in [0.3, 0.4) is 0 Å². The molecule has 1 saturated carbocycles. The van der Waals surface area contributed by atoms with Gasteiger partial charge in [0.1, 0.15) is 5.82 Å². The average Bonchev–Trinajstić information content (AvgIpc) is 2.66. The molecule has 0 aliphatic heterocycles. The van der Waals surface area contributed by atoms with Crippen LogP contribution in [0.1, 0.15) is 36.8 Å². The van der Waals surface area contributed by atoms with Crippen LogP contribution in [-0.2, 0) is 11.2 Å². The predicted molar refractivity (Wildman–Crippen MR) is 114 cm³/mol. The van der Waals surface area contributed by atoms with Gasteiger partial charge < -0.3 is 15.5 Å². The van der Waals surface area contributed by atoms with Crippen molar-refractivity contribution >= 4 is 29.3 Å². The van der Waals surface area contributed by atoms with Crippen LogP contribution in [0.2, 0.25) is 5.02 Å². The number of nitrogens with zero attached hydrogens (tertiary/aromatic N) is 3. The van der Waals surface area contributed by atoms with Crippen molar-refractivity contribution in [3.05, 3.63) is 46.6 Å². The van der Waals surface area contributed by atoms with Gasteiger partial charge in [0.05, 0.1) is 6.42 Å². The number of nitrogens with one attached hydrogen (secondary N) is 2. The molecule has 150 valence electrons. The minimum absolute atomic E-state index is 0.0659. The Kier molecular flexibility index (Phi) is 6.73. The molecule has 1 amide bonds. The summed E-state index contributed by atoms with van der Waals surface area (Å²) in [5, 5.41) is 7.29. The second kappa shape index (κ2) is 9.24. The first-order valence-corrected chi connectivity index (χ1v) is 10.1. The molecule has 2 N–H and O–H groups in total. The van der Waals surface area contributed by atoms with Crippen LogP contribution in [0, 0.1) is 6.92 Å². The third-order valence-corrected chi connectivity index (χ3v) is 5.32. The van der Waals surface area contributed by atoms with Crippen molar-refractivity contribution in [2.24, 2.45) is 0 Å². The first-order valence-electron chi connectivity index (χ1n) is 9.72. The minimum Gasteiger partial charge on any atom is -0.362 e. The summed E-state index contributed by atoms with van der Waals surface area (Å²) in [6.07, 6.45) is 6.13. The number of anilines is 2. The summed E-state index contributed by atoms with van der Waals surface area (Å²) < 4.78 is 0. The van der Waals surface area contributed by atoms with Crippen LogP contribution in [0.25, 0.3) is 0 Å². The molecule has 0 spiro atoms. The summed E-state index contributed by atoms with van der Waals surface area (Å²) >= 11 is 5.89. The summed E-state index contributed by atoms with van der Waals surface area (Å²) in [5.74, 6) is 1.67. The van der Waals surface area contributed by atoms with Crippen LogP contribution in [-0.4, -0.2) is 42.1 Å². The predicted octanol–water partition coefficient (Wildman–Crippen LogP) is 3.59. The van der Waals surface area contributed by atoms with Gasteiger partial charge >= 0.3 is 0 Å². The number of aryl methyl sites for hydroxylation is 1. The molecule has 6 nitrogen and oxygen atoms in total. The van der Waals surface area contributed by atoms with E-state index in [-0.39, 0.29) is 11.9 Å². The molecule has 1 aliphatic carbocycles. The maximum atomic E-state index is 12.3. The Morgan fingerprint density at radius 3 is 2.43 bits per heavy atom. The van der Waals surface area contributed by atoms with Crippen LogP contribution in [0.5, 0.6) is 0 Å². The van der Waals surface area contributed by atoms with E-state index in [1.807, 2.05) is 56.4 Å². The molecule has 3 rings (SSSR count). The van der Waals surface area contributed by atoms with E-state index in [9.17, 15) is 4.79 Å². The van der Waals surface area contributed by atoms with Gasteiger partial charge in [-0.2, -0.15) is 4.98 Å². The lowest BCUT2D eigenvalue weighted by molar-refractivity contribution is -0.121. The first kappa shape index (κ1) is 20.4. The highest BCUT2D eigenvalue weighted by atomic mass is 35.5. The summed E-state index contributed by atoms with van der Waals surface area (Å²) in [4.78, 5) is 23.3. The second-order valence-corrected chi connectivity index (χ2v) is 8.09. The number of carbonyl (C=O) groups excluding carboxylic acids is 1.